The molecule has 1 atom stereocenters. The predicted molar refractivity (Wildman–Crippen MR) is 77.8 cm³/mol. The second-order valence-corrected chi connectivity index (χ2v) is 5.01. The van der Waals surface area contributed by atoms with E-state index in [1.165, 1.54) is 12.1 Å². The minimum absolute atomic E-state index is 0.0406. The Morgan fingerprint density at radius 2 is 2.10 bits per heavy atom. The first-order chi connectivity index (χ1) is 9.60. The second kappa shape index (κ2) is 6.51. The highest BCUT2D eigenvalue weighted by atomic mass is 35.5. The molecule has 0 aliphatic heterocycles. The third kappa shape index (κ3) is 3.57. The van der Waals surface area contributed by atoms with E-state index in [1.54, 1.807) is 6.07 Å². The molecule has 0 fully saturated rings. The lowest BCUT2D eigenvalue weighted by Gasteiger charge is -2.15. The molecule has 0 aliphatic carbocycles. The number of hydrogen-bond donors (Lipinski definition) is 1. The summed E-state index contributed by atoms with van der Waals surface area (Å²) in [5, 5.41) is 12.7. The number of rotatable bonds is 4. The van der Waals surface area contributed by atoms with Crippen LogP contribution in [0.15, 0.2) is 42.5 Å². The van der Waals surface area contributed by atoms with Gasteiger partial charge < -0.3 is 5.32 Å². The van der Waals surface area contributed by atoms with Crippen molar-refractivity contribution in [1.82, 2.24) is 5.32 Å². The van der Waals surface area contributed by atoms with E-state index in [0.717, 1.165) is 5.56 Å². The standard InChI is InChI=1S/C16H14ClFN2/c1-11(13-3-2-4-15(17)8-13)20-10-14-7-12(9-19)5-6-16(14)18/h2-8,11,20H,10H2,1H3/t11-/m0/s1. The van der Waals surface area contributed by atoms with Crippen molar-refractivity contribution in [2.45, 2.75) is 19.5 Å². The molecule has 4 heteroatoms. The number of nitriles is 1. The number of hydrogen-bond acceptors (Lipinski definition) is 2. The van der Waals surface area contributed by atoms with Crippen LogP contribution in [0.2, 0.25) is 5.02 Å². The van der Waals surface area contributed by atoms with Gasteiger partial charge in [-0.3, -0.25) is 0 Å². The third-order valence-corrected chi connectivity index (χ3v) is 3.36. The quantitative estimate of drug-likeness (QED) is 0.915. The zero-order valence-corrected chi connectivity index (χ0v) is 11.8. The first kappa shape index (κ1) is 14.5. The molecule has 0 radical (unpaired) electrons. The molecule has 2 rings (SSSR count). The molecule has 2 aromatic carbocycles. The van der Waals surface area contributed by atoms with Crippen molar-refractivity contribution < 1.29 is 4.39 Å². The molecule has 20 heavy (non-hydrogen) atoms. The summed E-state index contributed by atoms with van der Waals surface area (Å²) in [6, 6.07) is 13.9. The summed E-state index contributed by atoms with van der Waals surface area (Å²) < 4.78 is 13.7. The summed E-state index contributed by atoms with van der Waals surface area (Å²) in [6.45, 7) is 2.34. The summed E-state index contributed by atoms with van der Waals surface area (Å²) in [7, 11) is 0. The van der Waals surface area contributed by atoms with E-state index in [-0.39, 0.29) is 11.9 Å². The molecule has 0 aliphatic rings. The first-order valence-electron chi connectivity index (χ1n) is 6.27. The Labute approximate surface area is 122 Å². The van der Waals surface area contributed by atoms with Gasteiger partial charge in [-0.1, -0.05) is 23.7 Å². The van der Waals surface area contributed by atoms with Gasteiger partial charge in [0.2, 0.25) is 0 Å². The minimum atomic E-state index is -0.310. The largest absolute Gasteiger partial charge is 0.306 e. The lowest BCUT2D eigenvalue weighted by atomic mass is 10.1. The van der Waals surface area contributed by atoms with Crippen LogP contribution in [0.1, 0.15) is 29.7 Å². The van der Waals surface area contributed by atoms with E-state index in [9.17, 15) is 4.39 Å². The summed E-state index contributed by atoms with van der Waals surface area (Å²) in [5.41, 5.74) is 1.98. The van der Waals surface area contributed by atoms with E-state index in [1.807, 2.05) is 37.3 Å². The number of halogens is 2. The van der Waals surface area contributed by atoms with E-state index < -0.39 is 0 Å². The molecule has 0 amide bonds. The van der Waals surface area contributed by atoms with Gasteiger partial charge in [-0.25, -0.2) is 4.39 Å². The normalized spacial score (nSPS) is 11.9. The highest BCUT2D eigenvalue weighted by molar-refractivity contribution is 6.30. The van der Waals surface area contributed by atoms with E-state index in [4.69, 9.17) is 16.9 Å². The maximum absolute atomic E-state index is 13.7. The molecule has 0 saturated carbocycles. The Kier molecular flexibility index (Phi) is 4.73. The van der Waals surface area contributed by atoms with Gasteiger partial charge in [0.25, 0.3) is 0 Å². The summed E-state index contributed by atoms with van der Waals surface area (Å²) in [5.74, 6) is -0.310. The van der Waals surface area contributed by atoms with Gasteiger partial charge in [-0.2, -0.15) is 5.26 Å². The predicted octanol–water partition coefficient (Wildman–Crippen LogP) is 4.20. The van der Waals surface area contributed by atoms with Crippen molar-refractivity contribution in [2.75, 3.05) is 0 Å². The molecular weight excluding hydrogens is 275 g/mol. The average Bonchev–Trinajstić information content (AvgIpc) is 2.46. The van der Waals surface area contributed by atoms with Crippen LogP contribution in [0.4, 0.5) is 4.39 Å². The van der Waals surface area contributed by atoms with Crippen molar-refractivity contribution in [3.8, 4) is 6.07 Å². The van der Waals surface area contributed by atoms with Crippen LogP contribution in [0.3, 0.4) is 0 Å². The smallest absolute Gasteiger partial charge is 0.127 e. The molecule has 0 heterocycles. The molecule has 0 aromatic heterocycles. The van der Waals surface area contributed by atoms with Crippen molar-refractivity contribution in [3.05, 3.63) is 70.0 Å². The third-order valence-electron chi connectivity index (χ3n) is 3.12. The monoisotopic (exact) mass is 288 g/mol. The fraction of sp³-hybridized carbons (Fsp3) is 0.188. The van der Waals surface area contributed by atoms with Gasteiger partial charge in [0.05, 0.1) is 11.6 Å². The van der Waals surface area contributed by atoms with Crippen LogP contribution in [-0.4, -0.2) is 0 Å². The zero-order chi connectivity index (χ0) is 14.5. The molecule has 0 unspecified atom stereocenters. The van der Waals surface area contributed by atoms with Crippen LogP contribution in [0.25, 0.3) is 0 Å². The van der Waals surface area contributed by atoms with Gasteiger partial charge in [0, 0.05) is 23.2 Å². The topological polar surface area (TPSA) is 35.8 Å². The van der Waals surface area contributed by atoms with Crippen molar-refractivity contribution in [3.63, 3.8) is 0 Å². The minimum Gasteiger partial charge on any atom is -0.306 e. The fourth-order valence-electron chi connectivity index (χ4n) is 1.94. The van der Waals surface area contributed by atoms with Crippen molar-refractivity contribution in [2.24, 2.45) is 0 Å². The maximum Gasteiger partial charge on any atom is 0.127 e. The Morgan fingerprint density at radius 3 is 2.80 bits per heavy atom. The molecule has 0 bridgehead atoms. The Bertz CT molecular complexity index is 649. The van der Waals surface area contributed by atoms with Crippen LogP contribution >= 0.6 is 11.6 Å². The lowest BCUT2D eigenvalue weighted by Crippen LogP contribution is -2.18. The van der Waals surface area contributed by atoms with E-state index >= 15 is 0 Å². The van der Waals surface area contributed by atoms with Gasteiger partial charge in [0.1, 0.15) is 5.82 Å². The molecule has 2 aromatic rings. The van der Waals surface area contributed by atoms with Crippen molar-refractivity contribution in [1.29, 1.82) is 5.26 Å². The molecule has 1 N–H and O–H groups in total. The molecular formula is C16H14ClFN2. The average molecular weight is 289 g/mol. The molecule has 0 saturated heterocycles. The Balaban J connectivity index is 2.07. The zero-order valence-electron chi connectivity index (χ0n) is 11.0. The second-order valence-electron chi connectivity index (χ2n) is 4.58. The van der Waals surface area contributed by atoms with Crippen molar-refractivity contribution >= 4 is 11.6 Å². The maximum atomic E-state index is 13.7. The van der Waals surface area contributed by atoms with Gasteiger partial charge in [0.15, 0.2) is 0 Å². The molecule has 2 nitrogen and oxygen atoms in total. The number of benzene rings is 2. The van der Waals surface area contributed by atoms with Gasteiger partial charge >= 0.3 is 0 Å². The summed E-state index contributed by atoms with van der Waals surface area (Å²) >= 11 is 5.95. The van der Waals surface area contributed by atoms with Crippen LogP contribution in [0.5, 0.6) is 0 Å². The van der Waals surface area contributed by atoms with Crippen LogP contribution < -0.4 is 5.32 Å². The van der Waals surface area contributed by atoms with E-state index in [2.05, 4.69) is 5.32 Å². The summed E-state index contributed by atoms with van der Waals surface area (Å²) in [6.07, 6.45) is 0. The highest BCUT2D eigenvalue weighted by Crippen LogP contribution is 2.18. The Morgan fingerprint density at radius 1 is 1.30 bits per heavy atom. The SMILES string of the molecule is C[C@H](NCc1cc(C#N)ccc1F)c1cccc(Cl)c1. The highest BCUT2D eigenvalue weighted by Gasteiger charge is 2.08. The Hall–Kier alpha value is -1.89. The first-order valence-corrected chi connectivity index (χ1v) is 6.65. The van der Waals surface area contributed by atoms with Crippen LogP contribution in [0, 0.1) is 17.1 Å². The summed E-state index contributed by atoms with van der Waals surface area (Å²) in [4.78, 5) is 0. The van der Waals surface area contributed by atoms with Gasteiger partial charge in [-0.15, -0.1) is 0 Å². The van der Waals surface area contributed by atoms with Crippen LogP contribution in [-0.2, 0) is 6.54 Å². The molecule has 102 valence electrons. The molecule has 0 spiro atoms. The number of nitrogens with zero attached hydrogens (tertiary/aromatic N) is 1. The van der Waals surface area contributed by atoms with Gasteiger partial charge in [-0.05, 0) is 42.8 Å². The lowest BCUT2D eigenvalue weighted by molar-refractivity contribution is 0.544. The number of nitrogens with one attached hydrogen (secondary N) is 1. The van der Waals surface area contributed by atoms with E-state index in [0.29, 0.717) is 22.7 Å². The fourth-order valence-corrected chi connectivity index (χ4v) is 2.14.